The molecule has 1 N–H and O–H groups in total. The van der Waals surface area contributed by atoms with Crippen LogP contribution in [0.3, 0.4) is 0 Å². The van der Waals surface area contributed by atoms with Gasteiger partial charge in [0.25, 0.3) is 0 Å². The van der Waals surface area contributed by atoms with Gasteiger partial charge < -0.3 is 9.84 Å². The van der Waals surface area contributed by atoms with Crippen molar-refractivity contribution in [2.24, 2.45) is 5.92 Å². The third kappa shape index (κ3) is 5.47. The third-order valence-corrected chi connectivity index (χ3v) is 2.88. The van der Waals surface area contributed by atoms with Crippen molar-refractivity contribution >= 4 is 5.97 Å². The summed E-state index contributed by atoms with van der Waals surface area (Å²) in [5.74, 6) is -0.0233. The highest BCUT2D eigenvalue weighted by Gasteiger charge is 2.22. The zero-order chi connectivity index (χ0) is 12.0. The Balaban J connectivity index is 2.19. The van der Waals surface area contributed by atoms with Crippen molar-refractivity contribution in [3.8, 4) is 0 Å². The Labute approximate surface area is 97.6 Å². The topological polar surface area (TPSA) is 49.8 Å². The molecule has 1 atom stereocenters. The first-order chi connectivity index (χ1) is 7.58. The van der Waals surface area contributed by atoms with Gasteiger partial charge in [-0.2, -0.15) is 0 Å². The van der Waals surface area contributed by atoms with Crippen molar-refractivity contribution in [1.29, 1.82) is 0 Å². The molecule has 0 radical (unpaired) electrons. The number of carbonyl (C=O) groups is 1. The second-order valence-corrected chi connectivity index (χ2v) is 4.93. The van der Waals surface area contributed by atoms with Gasteiger partial charge in [-0.15, -0.1) is 0 Å². The number of hydrogen-bond donors (Lipinski definition) is 1. The minimum Gasteiger partial charge on any atom is -0.481 e. The van der Waals surface area contributed by atoms with Crippen LogP contribution in [0.15, 0.2) is 0 Å². The molecule has 0 aliphatic carbocycles. The molecular formula is C12H23NO3. The van der Waals surface area contributed by atoms with Crippen molar-refractivity contribution in [2.75, 3.05) is 26.2 Å². The largest absolute Gasteiger partial charge is 0.481 e. The number of morpholine rings is 1. The van der Waals surface area contributed by atoms with Crippen LogP contribution < -0.4 is 0 Å². The third-order valence-electron chi connectivity index (χ3n) is 2.88. The molecule has 0 aromatic rings. The number of ether oxygens (including phenoxy) is 1. The molecule has 4 heteroatoms. The number of hydrogen-bond acceptors (Lipinski definition) is 3. The highest BCUT2D eigenvalue weighted by molar-refractivity contribution is 5.67. The summed E-state index contributed by atoms with van der Waals surface area (Å²) in [5.41, 5.74) is 0. The fraction of sp³-hybridized carbons (Fsp3) is 0.917. The van der Waals surface area contributed by atoms with Crippen molar-refractivity contribution in [3.05, 3.63) is 0 Å². The van der Waals surface area contributed by atoms with E-state index in [-0.39, 0.29) is 12.5 Å². The van der Waals surface area contributed by atoms with Crippen LogP contribution in [0.2, 0.25) is 0 Å². The van der Waals surface area contributed by atoms with Crippen LogP contribution in [0.5, 0.6) is 0 Å². The number of aliphatic carboxylic acids is 1. The highest BCUT2D eigenvalue weighted by atomic mass is 16.5. The molecule has 1 aliphatic heterocycles. The molecule has 1 fully saturated rings. The summed E-state index contributed by atoms with van der Waals surface area (Å²) < 4.78 is 5.42. The lowest BCUT2D eigenvalue weighted by Gasteiger charge is -2.32. The second kappa shape index (κ2) is 6.86. The Morgan fingerprint density at radius 1 is 1.56 bits per heavy atom. The van der Waals surface area contributed by atoms with Crippen molar-refractivity contribution < 1.29 is 14.6 Å². The van der Waals surface area contributed by atoms with Gasteiger partial charge in [0.05, 0.1) is 19.1 Å². The molecule has 4 nitrogen and oxygen atoms in total. The van der Waals surface area contributed by atoms with Crippen LogP contribution in [-0.4, -0.2) is 48.3 Å². The Bertz CT molecular complexity index is 218. The monoisotopic (exact) mass is 229 g/mol. The van der Waals surface area contributed by atoms with Gasteiger partial charge in [0.1, 0.15) is 0 Å². The normalized spacial score (nSPS) is 22.6. The average molecular weight is 229 g/mol. The van der Waals surface area contributed by atoms with Crippen LogP contribution in [-0.2, 0) is 9.53 Å². The molecule has 0 saturated carbocycles. The molecule has 0 amide bonds. The lowest BCUT2D eigenvalue weighted by Crippen LogP contribution is -2.43. The fourth-order valence-electron chi connectivity index (χ4n) is 2.02. The van der Waals surface area contributed by atoms with Gasteiger partial charge in [-0.05, 0) is 25.3 Å². The van der Waals surface area contributed by atoms with Gasteiger partial charge in [-0.3, -0.25) is 9.69 Å². The molecule has 16 heavy (non-hydrogen) atoms. The van der Waals surface area contributed by atoms with Crippen molar-refractivity contribution in [1.82, 2.24) is 4.90 Å². The first-order valence-electron chi connectivity index (χ1n) is 6.13. The predicted octanol–water partition coefficient (Wildman–Crippen LogP) is 1.60. The first kappa shape index (κ1) is 13.5. The van der Waals surface area contributed by atoms with E-state index >= 15 is 0 Å². The van der Waals surface area contributed by atoms with Crippen LogP contribution >= 0.6 is 0 Å². The van der Waals surface area contributed by atoms with Crippen LogP contribution in [0, 0.1) is 5.92 Å². The number of nitrogens with zero attached hydrogens (tertiary/aromatic N) is 1. The molecular weight excluding hydrogens is 206 g/mol. The first-order valence-corrected chi connectivity index (χ1v) is 6.13. The molecule has 0 spiro atoms. The summed E-state index contributed by atoms with van der Waals surface area (Å²) in [5, 5.41) is 8.70. The lowest BCUT2D eigenvalue weighted by atomic mass is 10.1. The van der Waals surface area contributed by atoms with E-state index in [1.165, 1.54) is 12.8 Å². The van der Waals surface area contributed by atoms with E-state index in [2.05, 4.69) is 18.7 Å². The van der Waals surface area contributed by atoms with E-state index in [1.54, 1.807) is 0 Å². The number of carboxylic acids is 1. The maximum atomic E-state index is 10.6. The number of carboxylic acid groups (broad SMARTS) is 1. The van der Waals surface area contributed by atoms with E-state index in [0.717, 1.165) is 25.6 Å². The maximum absolute atomic E-state index is 10.6. The van der Waals surface area contributed by atoms with Crippen LogP contribution in [0.1, 0.15) is 33.1 Å². The molecule has 1 aliphatic rings. The van der Waals surface area contributed by atoms with E-state index < -0.39 is 5.97 Å². The molecule has 0 aromatic carbocycles. The molecule has 1 rings (SSSR count). The van der Waals surface area contributed by atoms with Gasteiger partial charge in [0.15, 0.2) is 0 Å². The molecule has 1 heterocycles. The summed E-state index contributed by atoms with van der Waals surface area (Å²) >= 11 is 0. The number of rotatable bonds is 6. The average Bonchev–Trinajstić information content (AvgIpc) is 2.16. The standard InChI is InChI=1S/C12H23NO3/c1-10(2)4-3-5-13-6-7-16-11(9-13)8-12(14)15/h10-11H,3-9H2,1-2H3,(H,14,15). The molecule has 1 saturated heterocycles. The van der Waals surface area contributed by atoms with Crippen LogP contribution in [0.25, 0.3) is 0 Å². The second-order valence-electron chi connectivity index (χ2n) is 4.93. The van der Waals surface area contributed by atoms with Gasteiger partial charge in [-0.1, -0.05) is 13.8 Å². The highest BCUT2D eigenvalue weighted by Crippen LogP contribution is 2.11. The minimum absolute atomic E-state index is 0.120. The van der Waals surface area contributed by atoms with E-state index in [0.29, 0.717) is 6.61 Å². The smallest absolute Gasteiger partial charge is 0.306 e. The van der Waals surface area contributed by atoms with Gasteiger partial charge in [0, 0.05) is 13.1 Å². The fourth-order valence-corrected chi connectivity index (χ4v) is 2.02. The summed E-state index contributed by atoms with van der Waals surface area (Å²) in [6.45, 7) is 7.90. The van der Waals surface area contributed by atoms with Gasteiger partial charge in [0.2, 0.25) is 0 Å². The lowest BCUT2D eigenvalue weighted by molar-refractivity contribution is -0.142. The maximum Gasteiger partial charge on any atom is 0.306 e. The quantitative estimate of drug-likeness (QED) is 0.751. The molecule has 0 bridgehead atoms. The SMILES string of the molecule is CC(C)CCCN1CCOC(CC(=O)O)C1. The van der Waals surface area contributed by atoms with Gasteiger partial charge >= 0.3 is 5.97 Å². The summed E-state index contributed by atoms with van der Waals surface area (Å²) in [6, 6.07) is 0. The molecule has 0 aromatic heterocycles. The Kier molecular flexibility index (Phi) is 5.77. The minimum atomic E-state index is -0.769. The Morgan fingerprint density at radius 3 is 2.94 bits per heavy atom. The Morgan fingerprint density at radius 2 is 2.31 bits per heavy atom. The van der Waals surface area contributed by atoms with E-state index in [9.17, 15) is 4.79 Å². The van der Waals surface area contributed by atoms with E-state index in [1.807, 2.05) is 0 Å². The molecule has 1 unspecified atom stereocenters. The molecule has 94 valence electrons. The van der Waals surface area contributed by atoms with Gasteiger partial charge in [-0.25, -0.2) is 0 Å². The van der Waals surface area contributed by atoms with Crippen molar-refractivity contribution in [3.63, 3.8) is 0 Å². The summed E-state index contributed by atoms with van der Waals surface area (Å²) in [6.07, 6.45) is 2.43. The summed E-state index contributed by atoms with van der Waals surface area (Å²) in [7, 11) is 0. The predicted molar refractivity (Wildman–Crippen MR) is 62.5 cm³/mol. The Hall–Kier alpha value is -0.610. The summed E-state index contributed by atoms with van der Waals surface area (Å²) in [4.78, 5) is 12.9. The zero-order valence-electron chi connectivity index (χ0n) is 10.3. The van der Waals surface area contributed by atoms with Crippen LogP contribution in [0.4, 0.5) is 0 Å². The van der Waals surface area contributed by atoms with Crippen molar-refractivity contribution in [2.45, 2.75) is 39.2 Å². The zero-order valence-corrected chi connectivity index (χ0v) is 10.3. The van der Waals surface area contributed by atoms with E-state index in [4.69, 9.17) is 9.84 Å².